The van der Waals surface area contributed by atoms with Crippen LogP contribution in [0.5, 0.6) is 0 Å². The maximum atomic E-state index is 5.05. The normalized spacial score (nSPS) is 13.8. The molecule has 0 heterocycles. The van der Waals surface area contributed by atoms with Gasteiger partial charge in [0.1, 0.15) is 0 Å². The van der Waals surface area contributed by atoms with Gasteiger partial charge in [0.15, 0.2) is 7.98 Å². The van der Waals surface area contributed by atoms with Crippen LogP contribution in [0, 0.1) is 0 Å². The van der Waals surface area contributed by atoms with E-state index in [-0.39, 0.29) is 0 Å². The molecule has 2 radical (unpaired) electrons. The third kappa shape index (κ3) is 4.15. The van der Waals surface area contributed by atoms with Gasteiger partial charge in [0.2, 0.25) is 0 Å². The minimum absolute atomic E-state index is 0.561. The van der Waals surface area contributed by atoms with Crippen molar-refractivity contribution in [3.63, 3.8) is 0 Å². The first kappa shape index (κ1) is 7.98. The fourth-order valence-corrected chi connectivity index (χ4v) is 0.444. The SMILES string of the molecule is [B]NCCC(C)NC. The molecular weight excluding hydrogens is 98.9 g/mol. The van der Waals surface area contributed by atoms with Gasteiger partial charge in [-0.15, -0.1) is 0 Å². The summed E-state index contributed by atoms with van der Waals surface area (Å²) >= 11 is 0. The second kappa shape index (κ2) is 5.13. The first-order chi connectivity index (χ1) is 3.81. The van der Waals surface area contributed by atoms with E-state index in [0.29, 0.717) is 6.04 Å². The molecular formula is C5H13BN2. The summed E-state index contributed by atoms with van der Waals surface area (Å²) in [6.07, 6.45) is 1.08. The second-order valence-corrected chi connectivity index (χ2v) is 1.93. The maximum Gasteiger partial charge on any atom is 0.177 e. The topological polar surface area (TPSA) is 24.1 Å². The third-order valence-corrected chi connectivity index (χ3v) is 1.21. The fraction of sp³-hybridized carbons (Fsp3) is 1.00. The maximum absolute atomic E-state index is 5.05. The standard InChI is InChI=1S/C5H13BN2/c1-5(7-2)3-4-8-6/h5,7-8H,3-4H2,1-2H3. The first-order valence-corrected chi connectivity index (χ1v) is 2.92. The zero-order valence-electron chi connectivity index (χ0n) is 5.57. The van der Waals surface area contributed by atoms with Crippen molar-refractivity contribution in [1.29, 1.82) is 0 Å². The van der Waals surface area contributed by atoms with E-state index in [1.165, 1.54) is 0 Å². The summed E-state index contributed by atoms with van der Waals surface area (Å²) in [6, 6.07) is 0.561. The van der Waals surface area contributed by atoms with Crippen LogP contribution in [0.1, 0.15) is 13.3 Å². The Morgan fingerprint density at radius 1 is 1.62 bits per heavy atom. The lowest BCUT2D eigenvalue weighted by molar-refractivity contribution is 0.563. The van der Waals surface area contributed by atoms with E-state index in [1.807, 2.05) is 7.05 Å². The predicted molar refractivity (Wildman–Crippen MR) is 36.9 cm³/mol. The summed E-state index contributed by atoms with van der Waals surface area (Å²) in [7, 11) is 7.00. The number of hydrogen-bond donors (Lipinski definition) is 2. The molecule has 0 bridgehead atoms. The zero-order chi connectivity index (χ0) is 6.41. The highest BCUT2D eigenvalue weighted by molar-refractivity contribution is 6.04. The molecule has 0 rings (SSSR count). The van der Waals surface area contributed by atoms with E-state index in [1.54, 1.807) is 0 Å². The van der Waals surface area contributed by atoms with Crippen molar-refractivity contribution in [2.75, 3.05) is 13.6 Å². The van der Waals surface area contributed by atoms with Crippen LogP contribution in [0.25, 0.3) is 0 Å². The Labute approximate surface area is 52.5 Å². The smallest absolute Gasteiger partial charge is 0.177 e. The highest BCUT2D eigenvalue weighted by atomic mass is 14.9. The highest BCUT2D eigenvalue weighted by Gasteiger charge is 1.92. The van der Waals surface area contributed by atoms with Crippen molar-refractivity contribution in [3.05, 3.63) is 0 Å². The van der Waals surface area contributed by atoms with Gasteiger partial charge in [-0.05, 0) is 26.9 Å². The molecule has 0 aliphatic heterocycles. The molecule has 0 saturated heterocycles. The molecule has 0 aliphatic carbocycles. The lowest BCUT2D eigenvalue weighted by Crippen LogP contribution is -2.25. The molecule has 2 N–H and O–H groups in total. The van der Waals surface area contributed by atoms with Crippen molar-refractivity contribution >= 4 is 7.98 Å². The van der Waals surface area contributed by atoms with Crippen molar-refractivity contribution in [1.82, 2.24) is 10.5 Å². The van der Waals surface area contributed by atoms with Gasteiger partial charge in [0.25, 0.3) is 0 Å². The summed E-state index contributed by atoms with van der Waals surface area (Å²) in [5.74, 6) is 0. The monoisotopic (exact) mass is 112 g/mol. The molecule has 8 heavy (non-hydrogen) atoms. The lowest BCUT2D eigenvalue weighted by Gasteiger charge is -2.07. The van der Waals surface area contributed by atoms with Crippen LogP contribution in [0.3, 0.4) is 0 Å². The molecule has 0 saturated carbocycles. The molecule has 1 atom stereocenters. The van der Waals surface area contributed by atoms with Crippen molar-refractivity contribution in [2.45, 2.75) is 19.4 Å². The van der Waals surface area contributed by atoms with Crippen LogP contribution >= 0.6 is 0 Å². The van der Waals surface area contributed by atoms with Crippen molar-refractivity contribution in [2.24, 2.45) is 0 Å². The van der Waals surface area contributed by atoms with Gasteiger partial charge in [0.05, 0.1) is 0 Å². The van der Waals surface area contributed by atoms with E-state index in [0.717, 1.165) is 13.0 Å². The summed E-state index contributed by atoms with van der Waals surface area (Å²) < 4.78 is 0. The molecule has 0 amide bonds. The molecule has 0 fully saturated rings. The van der Waals surface area contributed by atoms with Crippen LogP contribution in [0.2, 0.25) is 0 Å². The van der Waals surface area contributed by atoms with Gasteiger partial charge in [-0.2, -0.15) is 0 Å². The largest absolute Gasteiger partial charge is 0.366 e. The summed E-state index contributed by atoms with van der Waals surface area (Å²) in [5, 5.41) is 5.70. The number of rotatable bonds is 4. The van der Waals surface area contributed by atoms with E-state index in [9.17, 15) is 0 Å². The van der Waals surface area contributed by atoms with Gasteiger partial charge in [0, 0.05) is 6.04 Å². The zero-order valence-corrected chi connectivity index (χ0v) is 5.57. The first-order valence-electron chi connectivity index (χ1n) is 2.92. The van der Waals surface area contributed by atoms with Crippen LogP contribution in [-0.2, 0) is 0 Å². The quantitative estimate of drug-likeness (QED) is 0.486. The Balaban J connectivity index is 2.86. The summed E-state index contributed by atoms with van der Waals surface area (Å²) in [4.78, 5) is 0. The van der Waals surface area contributed by atoms with E-state index in [2.05, 4.69) is 17.5 Å². The summed E-state index contributed by atoms with van der Waals surface area (Å²) in [6.45, 7) is 3.00. The average molecular weight is 112 g/mol. The second-order valence-electron chi connectivity index (χ2n) is 1.93. The fourth-order valence-electron chi connectivity index (χ4n) is 0.444. The van der Waals surface area contributed by atoms with Gasteiger partial charge in [-0.25, -0.2) is 0 Å². The Morgan fingerprint density at radius 3 is 2.62 bits per heavy atom. The summed E-state index contributed by atoms with van der Waals surface area (Å²) in [5.41, 5.74) is 0. The molecule has 1 unspecified atom stereocenters. The van der Waals surface area contributed by atoms with Gasteiger partial charge in [-0.1, -0.05) is 0 Å². The third-order valence-electron chi connectivity index (χ3n) is 1.21. The minimum atomic E-state index is 0.561. The van der Waals surface area contributed by atoms with Gasteiger partial charge in [-0.3, -0.25) is 0 Å². The predicted octanol–water partition coefficient (Wildman–Crippen LogP) is -0.343. The Hall–Kier alpha value is -0.0151. The molecule has 0 spiro atoms. The lowest BCUT2D eigenvalue weighted by atomic mass is 10.2. The molecule has 0 aromatic heterocycles. The molecule has 3 heteroatoms. The van der Waals surface area contributed by atoms with Crippen LogP contribution in [0.15, 0.2) is 0 Å². The molecule has 0 aliphatic rings. The minimum Gasteiger partial charge on any atom is -0.366 e. The average Bonchev–Trinajstić information content (AvgIpc) is 1.83. The highest BCUT2D eigenvalue weighted by Crippen LogP contribution is 1.84. The van der Waals surface area contributed by atoms with Crippen molar-refractivity contribution in [3.8, 4) is 0 Å². The van der Waals surface area contributed by atoms with Crippen LogP contribution < -0.4 is 10.5 Å². The molecule has 0 aromatic rings. The van der Waals surface area contributed by atoms with E-state index in [4.69, 9.17) is 7.98 Å². The van der Waals surface area contributed by atoms with Crippen LogP contribution in [0.4, 0.5) is 0 Å². The Kier molecular flexibility index (Phi) is 5.12. The Bertz CT molecular complexity index is 49.7. The van der Waals surface area contributed by atoms with E-state index < -0.39 is 0 Å². The molecule has 46 valence electrons. The van der Waals surface area contributed by atoms with Gasteiger partial charge >= 0.3 is 0 Å². The molecule has 2 nitrogen and oxygen atoms in total. The number of hydrogen-bond acceptors (Lipinski definition) is 2. The van der Waals surface area contributed by atoms with Crippen molar-refractivity contribution < 1.29 is 0 Å². The molecule has 0 aromatic carbocycles. The van der Waals surface area contributed by atoms with Crippen LogP contribution in [-0.4, -0.2) is 27.6 Å². The van der Waals surface area contributed by atoms with E-state index >= 15 is 0 Å². The van der Waals surface area contributed by atoms with Gasteiger partial charge < -0.3 is 10.5 Å². The number of nitrogens with one attached hydrogen (secondary N) is 2. The Morgan fingerprint density at radius 2 is 2.25 bits per heavy atom.